The lowest BCUT2D eigenvalue weighted by Gasteiger charge is -2.23. The molecule has 0 bridgehead atoms. The molecule has 0 amide bonds. The van der Waals surface area contributed by atoms with Crippen molar-refractivity contribution in [2.24, 2.45) is 0 Å². The van der Waals surface area contributed by atoms with Crippen LogP contribution in [0, 0.1) is 0 Å². The minimum Gasteiger partial charge on any atom is -0.480 e. The molecule has 136 valence electrons. The Hall–Kier alpha value is -2.56. The molecule has 3 rings (SSSR count). The first-order valence-electron chi connectivity index (χ1n) is 7.55. The topological polar surface area (TPSA) is 98.4 Å². The zero-order valence-electron chi connectivity index (χ0n) is 12.9. The van der Waals surface area contributed by atoms with Crippen molar-refractivity contribution in [1.29, 1.82) is 0 Å². The largest absolute Gasteiger partial charge is 0.573 e. The predicted molar refractivity (Wildman–Crippen MR) is 79.5 cm³/mol. The number of nitrogens with zero attached hydrogens (tertiary/aromatic N) is 3. The third kappa shape index (κ3) is 3.60. The molecule has 11 heteroatoms. The van der Waals surface area contributed by atoms with Gasteiger partial charge in [-0.3, -0.25) is 13.9 Å². The molecule has 0 atom stereocenters. The summed E-state index contributed by atoms with van der Waals surface area (Å²) in [5, 5.41) is 12.2. The van der Waals surface area contributed by atoms with E-state index in [9.17, 15) is 22.8 Å². The number of nitrogens with one attached hydrogen (secondary N) is 1. The zero-order valence-corrected chi connectivity index (χ0v) is 12.9. The number of carbonyl (C=O) groups is 1. The van der Waals surface area contributed by atoms with Crippen molar-refractivity contribution < 1.29 is 27.8 Å². The molecule has 2 aromatic heterocycles. The summed E-state index contributed by atoms with van der Waals surface area (Å²) in [5.41, 5.74) is -0.471. The Morgan fingerprint density at radius 3 is 2.68 bits per heavy atom. The first-order valence-corrected chi connectivity index (χ1v) is 7.55. The lowest BCUT2D eigenvalue weighted by Crippen LogP contribution is -2.35. The number of fused-ring (bicyclic) bond motifs is 1. The van der Waals surface area contributed by atoms with Crippen LogP contribution >= 0.6 is 0 Å². The molecule has 0 unspecified atom stereocenters. The van der Waals surface area contributed by atoms with Gasteiger partial charge in [0, 0.05) is 12.1 Å². The number of alkyl halides is 3. The summed E-state index contributed by atoms with van der Waals surface area (Å²) in [6.45, 7) is 0.681. The molecule has 0 saturated carbocycles. The van der Waals surface area contributed by atoms with Gasteiger partial charge < -0.3 is 15.2 Å². The quantitative estimate of drug-likeness (QED) is 0.848. The molecule has 2 N–H and O–H groups in total. The molecule has 0 radical (unpaired) electrons. The zero-order chi connectivity index (χ0) is 18.2. The van der Waals surface area contributed by atoms with Crippen molar-refractivity contribution >= 4 is 17.1 Å². The minimum atomic E-state index is -4.91. The number of halogens is 3. The van der Waals surface area contributed by atoms with E-state index in [0.29, 0.717) is 25.9 Å². The molecule has 0 aromatic carbocycles. The summed E-state index contributed by atoms with van der Waals surface area (Å²) in [4.78, 5) is 27.6. The van der Waals surface area contributed by atoms with Gasteiger partial charge in [-0.2, -0.15) is 0 Å². The van der Waals surface area contributed by atoms with Crippen molar-refractivity contribution in [2.45, 2.75) is 31.8 Å². The van der Waals surface area contributed by atoms with Gasteiger partial charge in [-0.05, 0) is 25.9 Å². The second-order valence-corrected chi connectivity index (χ2v) is 5.68. The molecule has 2 aromatic rings. The molecule has 1 aliphatic rings. The molecule has 0 aliphatic carbocycles. The Bertz CT molecular complexity index is 852. The van der Waals surface area contributed by atoms with Crippen LogP contribution in [0.15, 0.2) is 17.1 Å². The van der Waals surface area contributed by atoms with E-state index in [1.54, 1.807) is 0 Å². The first kappa shape index (κ1) is 17.3. The van der Waals surface area contributed by atoms with Crippen LogP contribution in [0.25, 0.3) is 11.2 Å². The maximum Gasteiger partial charge on any atom is 0.573 e. The highest BCUT2D eigenvalue weighted by atomic mass is 19.4. The van der Waals surface area contributed by atoms with Crippen LogP contribution < -0.4 is 15.7 Å². The number of hydrogen-bond acceptors (Lipinski definition) is 5. The molecule has 1 fully saturated rings. The second kappa shape index (κ2) is 6.39. The summed E-state index contributed by atoms with van der Waals surface area (Å²) in [6.07, 6.45) is -2.77. The molecule has 3 heterocycles. The lowest BCUT2D eigenvalue weighted by molar-refractivity contribution is -0.274. The molecular formula is C14H15F3N4O4. The van der Waals surface area contributed by atoms with E-state index in [2.05, 4.69) is 15.0 Å². The van der Waals surface area contributed by atoms with Gasteiger partial charge in [-0.15, -0.1) is 13.2 Å². The number of ether oxygens (including phenoxy) is 1. The van der Waals surface area contributed by atoms with Gasteiger partial charge >= 0.3 is 18.0 Å². The van der Waals surface area contributed by atoms with Crippen molar-refractivity contribution in [1.82, 2.24) is 19.4 Å². The van der Waals surface area contributed by atoms with E-state index in [4.69, 9.17) is 5.11 Å². The average molecular weight is 360 g/mol. The maximum atomic E-state index is 12.7. The van der Waals surface area contributed by atoms with E-state index in [0.717, 1.165) is 16.8 Å². The normalized spacial score (nSPS) is 16.3. The number of hydrogen-bond donors (Lipinski definition) is 2. The van der Waals surface area contributed by atoms with Crippen LogP contribution in [0.4, 0.5) is 13.2 Å². The molecule has 1 aliphatic heterocycles. The fraction of sp³-hybridized carbons (Fsp3) is 0.500. The van der Waals surface area contributed by atoms with Crippen LogP contribution in [0.1, 0.15) is 18.9 Å². The van der Waals surface area contributed by atoms with Gasteiger partial charge in [-0.1, -0.05) is 0 Å². The van der Waals surface area contributed by atoms with Gasteiger partial charge in [0.2, 0.25) is 0 Å². The molecule has 0 spiro atoms. The smallest absolute Gasteiger partial charge is 0.480 e. The predicted octanol–water partition coefficient (Wildman–Crippen LogP) is 1.11. The van der Waals surface area contributed by atoms with Gasteiger partial charge in [0.1, 0.15) is 12.3 Å². The van der Waals surface area contributed by atoms with Crippen LogP contribution in [0.2, 0.25) is 0 Å². The van der Waals surface area contributed by atoms with Crippen LogP contribution in [0.3, 0.4) is 0 Å². The Labute approximate surface area is 138 Å². The molecule has 25 heavy (non-hydrogen) atoms. The van der Waals surface area contributed by atoms with Gasteiger partial charge in [-0.25, -0.2) is 9.78 Å². The standard InChI is InChI=1S/C14H15F3N4O4/c15-14(16,17)25-9-5-10-12(19-6-9)21(8-1-3-18-4-2-8)13(24)20(10)7-11(22)23/h5-6,8,18H,1-4,7H2,(H,22,23). The molecule has 8 nitrogen and oxygen atoms in total. The van der Waals surface area contributed by atoms with Gasteiger partial charge in [0.05, 0.1) is 11.7 Å². The molecule has 1 saturated heterocycles. The summed E-state index contributed by atoms with van der Waals surface area (Å²) >= 11 is 0. The number of aromatic nitrogens is 3. The van der Waals surface area contributed by atoms with Crippen LogP contribution in [0.5, 0.6) is 5.75 Å². The highest BCUT2D eigenvalue weighted by molar-refractivity contribution is 5.76. The third-order valence-electron chi connectivity index (χ3n) is 3.98. The Morgan fingerprint density at radius 2 is 2.08 bits per heavy atom. The SMILES string of the molecule is O=C(O)Cn1c(=O)n(C2CCNCC2)c2ncc(OC(F)(F)F)cc21. The summed E-state index contributed by atoms with van der Waals surface area (Å²) < 4.78 is 43.3. The van der Waals surface area contributed by atoms with Gasteiger partial charge in [0.15, 0.2) is 5.65 Å². The van der Waals surface area contributed by atoms with Crippen molar-refractivity contribution in [3.05, 3.63) is 22.7 Å². The number of pyridine rings is 1. The number of piperidine rings is 1. The third-order valence-corrected chi connectivity index (χ3v) is 3.98. The van der Waals surface area contributed by atoms with E-state index >= 15 is 0 Å². The van der Waals surface area contributed by atoms with E-state index in [1.807, 2.05) is 0 Å². The number of imidazole rings is 1. The maximum absolute atomic E-state index is 12.7. The number of carboxylic acids is 1. The fourth-order valence-corrected chi connectivity index (χ4v) is 3.01. The van der Waals surface area contributed by atoms with Crippen molar-refractivity contribution in [3.63, 3.8) is 0 Å². The number of rotatable bonds is 4. The average Bonchev–Trinajstić information content (AvgIpc) is 2.78. The van der Waals surface area contributed by atoms with E-state index in [1.165, 1.54) is 4.57 Å². The van der Waals surface area contributed by atoms with E-state index in [-0.39, 0.29) is 17.2 Å². The van der Waals surface area contributed by atoms with Crippen molar-refractivity contribution in [2.75, 3.05) is 13.1 Å². The Kier molecular flexibility index (Phi) is 4.41. The summed E-state index contributed by atoms with van der Waals surface area (Å²) in [6, 6.07) is 0.783. The highest BCUT2D eigenvalue weighted by Crippen LogP contribution is 2.27. The summed E-state index contributed by atoms with van der Waals surface area (Å²) in [7, 11) is 0. The monoisotopic (exact) mass is 360 g/mol. The fourth-order valence-electron chi connectivity index (χ4n) is 3.01. The number of carboxylic acid groups (broad SMARTS) is 1. The number of aliphatic carboxylic acids is 1. The van der Waals surface area contributed by atoms with E-state index < -0.39 is 30.3 Å². The summed E-state index contributed by atoms with van der Waals surface area (Å²) in [5.74, 6) is -1.89. The Balaban J connectivity index is 2.14. The first-order chi connectivity index (χ1) is 11.8. The van der Waals surface area contributed by atoms with Crippen LogP contribution in [-0.2, 0) is 11.3 Å². The highest BCUT2D eigenvalue weighted by Gasteiger charge is 2.32. The molecular weight excluding hydrogens is 345 g/mol. The Morgan fingerprint density at radius 1 is 1.40 bits per heavy atom. The lowest BCUT2D eigenvalue weighted by atomic mass is 10.1. The second-order valence-electron chi connectivity index (χ2n) is 5.68. The van der Waals surface area contributed by atoms with Crippen LogP contribution in [-0.4, -0.2) is 44.6 Å². The van der Waals surface area contributed by atoms with Crippen molar-refractivity contribution in [3.8, 4) is 5.75 Å². The minimum absolute atomic E-state index is 0.00678. The van der Waals surface area contributed by atoms with Gasteiger partial charge in [0.25, 0.3) is 0 Å².